The van der Waals surface area contributed by atoms with Gasteiger partial charge in [-0.05, 0) is 16.9 Å². The molecule has 0 saturated carbocycles. The molecule has 0 bridgehead atoms. The predicted octanol–water partition coefficient (Wildman–Crippen LogP) is 3.13. The van der Waals surface area contributed by atoms with Crippen molar-refractivity contribution in [3.05, 3.63) is 23.8 Å². The zero-order valence-corrected chi connectivity index (χ0v) is 11.6. The molecule has 0 atom stereocenters. The number of fused-ring (bicyclic) bond motifs is 1. The van der Waals surface area contributed by atoms with E-state index in [2.05, 4.69) is 14.6 Å². The molecule has 0 saturated heterocycles. The second-order valence-electron chi connectivity index (χ2n) is 2.93. The zero-order valence-electron chi connectivity index (χ0n) is 9.45. The molecule has 0 aliphatic carbocycles. The summed E-state index contributed by atoms with van der Waals surface area (Å²) in [7, 11) is 1.53. The fourth-order valence-electron chi connectivity index (χ4n) is 1.20. The Morgan fingerprint density at radius 2 is 2.18 bits per heavy atom. The van der Waals surface area contributed by atoms with Gasteiger partial charge in [-0.25, -0.2) is 4.79 Å². The molecule has 0 aromatic heterocycles. The number of carbonyl (C=O) groups excluding carboxylic acids is 1. The van der Waals surface area contributed by atoms with Gasteiger partial charge in [0.2, 0.25) is 0 Å². The molecule has 1 aromatic carbocycles. The Morgan fingerprint density at radius 1 is 1.47 bits per heavy atom. The maximum Gasteiger partial charge on any atom is 0.514 e. The Morgan fingerprint density at radius 3 is 2.76 bits per heavy atom. The molecule has 0 fully saturated rings. The van der Waals surface area contributed by atoms with E-state index in [4.69, 9.17) is 9.47 Å². The molecule has 0 unspecified atom stereocenters. The standard InChI is InChI=1S/C9H8O4.C3H3I/c1-11-7-4-2-3-6-5-12-9(10)13-8(6)7;1-2-3-4/h2-4H,5H2,1H3;1H3. The van der Waals surface area contributed by atoms with Gasteiger partial charge in [0.25, 0.3) is 0 Å². The smallest absolute Gasteiger partial charge is 0.493 e. The van der Waals surface area contributed by atoms with Crippen molar-refractivity contribution >= 4 is 28.7 Å². The number of benzene rings is 1. The van der Waals surface area contributed by atoms with E-state index in [1.54, 1.807) is 6.07 Å². The van der Waals surface area contributed by atoms with Gasteiger partial charge in [0.1, 0.15) is 6.61 Å². The highest BCUT2D eigenvalue weighted by atomic mass is 127. The summed E-state index contributed by atoms with van der Waals surface area (Å²) in [5, 5.41) is 0. The van der Waals surface area contributed by atoms with E-state index in [9.17, 15) is 4.79 Å². The van der Waals surface area contributed by atoms with Crippen LogP contribution in [-0.4, -0.2) is 13.3 Å². The first-order valence-electron chi connectivity index (χ1n) is 4.75. The third-order valence-electron chi connectivity index (χ3n) is 1.91. The monoisotopic (exact) mass is 346 g/mol. The van der Waals surface area contributed by atoms with Gasteiger partial charge < -0.3 is 14.2 Å². The molecule has 4 nitrogen and oxygen atoms in total. The normalized spacial score (nSPS) is 11.6. The number of rotatable bonds is 1. The van der Waals surface area contributed by atoms with E-state index < -0.39 is 6.16 Å². The van der Waals surface area contributed by atoms with Gasteiger partial charge in [-0.2, -0.15) is 0 Å². The molecule has 5 heteroatoms. The van der Waals surface area contributed by atoms with Crippen LogP contribution in [0, 0.1) is 9.85 Å². The zero-order chi connectivity index (χ0) is 12.7. The lowest BCUT2D eigenvalue weighted by molar-refractivity contribution is 0.0769. The molecular formula is C12H11IO4. The van der Waals surface area contributed by atoms with Crippen molar-refractivity contribution in [1.29, 1.82) is 0 Å². The van der Waals surface area contributed by atoms with Crippen LogP contribution in [0.1, 0.15) is 12.5 Å². The Labute approximate surface area is 113 Å². The molecule has 90 valence electrons. The number of hydrogen-bond donors (Lipinski definition) is 0. The van der Waals surface area contributed by atoms with Gasteiger partial charge in [0.15, 0.2) is 11.5 Å². The summed E-state index contributed by atoms with van der Waals surface area (Å²) in [4.78, 5) is 10.8. The molecular weight excluding hydrogens is 335 g/mol. The molecule has 0 radical (unpaired) electrons. The van der Waals surface area contributed by atoms with E-state index in [0.717, 1.165) is 5.56 Å². The van der Waals surface area contributed by atoms with E-state index in [-0.39, 0.29) is 6.61 Å². The molecule has 0 N–H and O–H groups in total. The molecule has 17 heavy (non-hydrogen) atoms. The van der Waals surface area contributed by atoms with Crippen molar-refractivity contribution in [2.75, 3.05) is 7.11 Å². The molecule has 1 aliphatic rings. The van der Waals surface area contributed by atoms with Crippen molar-refractivity contribution in [2.45, 2.75) is 13.5 Å². The highest BCUT2D eigenvalue weighted by Gasteiger charge is 2.21. The summed E-state index contributed by atoms with van der Waals surface area (Å²) >= 11 is 1.99. The molecule has 1 aromatic rings. The van der Waals surface area contributed by atoms with Crippen LogP contribution in [0.25, 0.3) is 0 Å². The average Bonchev–Trinajstić information content (AvgIpc) is 2.38. The quantitative estimate of drug-likeness (QED) is 0.339. The van der Waals surface area contributed by atoms with Crippen LogP contribution in [0.15, 0.2) is 18.2 Å². The van der Waals surface area contributed by atoms with Gasteiger partial charge in [0.05, 0.1) is 7.11 Å². The van der Waals surface area contributed by atoms with Gasteiger partial charge in [-0.1, -0.05) is 18.1 Å². The largest absolute Gasteiger partial charge is 0.514 e. The van der Waals surface area contributed by atoms with Crippen molar-refractivity contribution < 1.29 is 19.0 Å². The maximum atomic E-state index is 10.8. The lowest BCUT2D eigenvalue weighted by Gasteiger charge is -2.17. The topological polar surface area (TPSA) is 44.8 Å². The van der Waals surface area contributed by atoms with E-state index >= 15 is 0 Å². The summed E-state index contributed by atoms with van der Waals surface area (Å²) in [5.74, 6) is 3.68. The fourth-order valence-corrected chi connectivity index (χ4v) is 1.20. The number of carbonyl (C=O) groups is 1. The van der Waals surface area contributed by atoms with Gasteiger partial charge in [0, 0.05) is 28.2 Å². The predicted molar refractivity (Wildman–Crippen MR) is 71.3 cm³/mol. The highest BCUT2D eigenvalue weighted by Crippen LogP contribution is 2.34. The van der Waals surface area contributed by atoms with Crippen LogP contribution in [-0.2, 0) is 11.3 Å². The van der Waals surface area contributed by atoms with Gasteiger partial charge >= 0.3 is 6.16 Å². The van der Waals surface area contributed by atoms with Crippen molar-refractivity contribution in [3.63, 3.8) is 0 Å². The first-order chi connectivity index (χ1) is 8.22. The summed E-state index contributed by atoms with van der Waals surface area (Å²) in [5.41, 5.74) is 0.818. The SMILES string of the molecule is CC#CI.COc1cccc2c1OC(=O)OC2. The minimum Gasteiger partial charge on any atom is -0.493 e. The molecule has 2 rings (SSSR count). The first kappa shape index (κ1) is 13.6. The van der Waals surface area contributed by atoms with Crippen LogP contribution < -0.4 is 9.47 Å². The van der Waals surface area contributed by atoms with E-state index in [0.29, 0.717) is 11.5 Å². The third kappa shape index (κ3) is 3.82. The van der Waals surface area contributed by atoms with Crippen LogP contribution in [0.3, 0.4) is 0 Å². The highest BCUT2D eigenvalue weighted by molar-refractivity contribution is 14.1. The summed E-state index contributed by atoms with van der Waals surface area (Å²) < 4.78 is 17.2. The molecule has 0 spiro atoms. The van der Waals surface area contributed by atoms with Crippen LogP contribution in [0.4, 0.5) is 4.79 Å². The minimum atomic E-state index is -0.683. The lowest BCUT2D eigenvalue weighted by atomic mass is 10.2. The number of cyclic esters (lactones) is 1. The van der Waals surface area contributed by atoms with Crippen LogP contribution in [0.5, 0.6) is 11.5 Å². The Kier molecular flexibility index (Phi) is 5.63. The Bertz CT molecular complexity index is 439. The molecule has 1 aliphatic heterocycles. The number of para-hydroxylation sites is 1. The summed E-state index contributed by atoms with van der Waals surface area (Å²) in [6.07, 6.45) is -0.683. The number of halogens is 1. The Balaban J connectivity index is 0.000000317. The fraction of sp³-hybridized carbons (Fsp3) is 0.250. The van der Waals surface area contributed by atoms with Crippen molar-refractivity contribution in [3.8, 4) is 21.3 Å². The van der Waals surface area contributed by atoms with E-state index in [1.165, 1.54) is 7.11 Å². The van der Waals surface area contributed by atoms with Gasteiger partial charge in [-0.3, -0.25) is 0 Å². The Hall–Kier alpha value is -1.42. The third-order valence-corrected chi connectivity index (χ3v) is 2.45. The van der Waals surface area contributed by atoms with Gasteiger partial charge in [-0.15, -0.1) is 0 Å². The second kappa shape index (κ2) is 7.01. The molecule has 0 amide bonds. The number of hydrogen-bond acceptors (Lipinski definition) is 4. The minimum absolute atomic E-state index is 0.241. The second-order valence-corrected chi connectivity index (χ2v) is 3.47. The first-order valence-corrected chi connectivity index (χ1v) is 5.83. The van der Waals surface area contributed by atoms with Crippen LogP contribution >= 0.6 is 22.6 Å². The van der Waals surface area contributed by atoms with Crippen molar-refractivity contribution in [2.24, 2.45) is 0 Å². The average molecular weight is 346 g/mol. The van der Waals surface area contributed by atoms with E-state index in [1.807, 2.05) is 41.6 Å². The van der Waals surface area contributed by atoms with Crippen LogP contribution in [0.2, 0.25) is 0 Å². The number of methoxy groups -OCH3 is 1. The van der Waals surface area contributed by atoms with Crippen molar-refractivity contribution in [1.82, 2.24) is 0 Å². The number of ether oxygens (including phenoxy) is 3. The molecule has 1 heterocycles. The summed E-state index contributed by atoms with van der Waals surface area (Å²) in [6.45, 7) is 2.05. The lowest BCUT2D eigenvalue weighted by Crippen LogP contribution is -2.17. The maximum absolute atomic E-state index is 10.8. The summed E-state index contributed by atoms with van der Waals surface area (Å²) in [6, 6.07) is 5.38.